The van der Waals surface area contributed by atoms with Crippen LogP contribution in [0.3, 0.4) is 0 Å². The monoisotopic (exact) mass is 432 g/mol. The molecule has 0 bridgehead atoms. The number of nitrogens with one attached hydrogen (secondary N) is 1. The fourth-order valence-corrected chi connectivity index (χ4v) is 3.85. The summed E-state index contributed by atoms with van der Waals surface area (Å²) < 4.78 is 30.5. The molecule has 28 heavy (non-hydrogen) atoms. The normalized spacial score (nSPS) is 12.9. The first-order valence-electron chi connectivity index (χ1n) is 9.13. The van der Waals surface area contributed by atoms with Crippen LogP contribution in [-0.4, -0.2) is 51.3 Å². The van der Waals surface area contributed by atoms with E-state index in [1.807, 2.05) is 6.92 Å². The predicted octanol–water partition coefficient (Wildman–Crippen LogP) is 3.08. The van der Waals surface area contributed by atoms with E-state index in [-0.39, 0.29) is 21.5 Å². The van der Waals surface area contributed by atoms with E-state index >= 15 is 0 Å². The van der Waals surface area contributed by atoms with Crippen molar-refractivity contribution in [2.75, 3.05) is 20.7 Å². The molecule has 0 aliphatic rings. The first kappa shape index (κ1) is 24.4. The predicted molar refractivity (Wildman–Crippen MR) is 109 cm³/mol. The molecule has 1 aromatic rings. The van der Waals surface area contributed by atoms with Crippen LogP contribution in [-0.2, 0) is 19.6 Å². The number of sulfonamides is 1. The van der Waals surface area contributed by atoms with Crippen LogP contribution in [0.25, 0.3) is 0 Å². The first-order chi connectivity index (χ1) is 12.9. The minimum atomic E-state index is -3.81. The number of nitrogens with zero attached hydrogens (tertiary/aromatic N) is 1. The molecule has 0 radical (unpaired) electrons. The molecule has 1 aromatic carbocycles. The standard InChI is InChI=1S/C19H29ClN2O5S/c1-13(2)7-6-8-14(3)21-18(23)12-27-19(24)15-9-10-16(20)17(11-15)28(25,26)22(4)5/h9-11,13-14H,6-8,12H2,1-5H3,(H,21,23). The molecule has 7 nitrogen and oxygen atoms in total. The number of ether oxygens (including phenoxy) is 1. The number of carbonyl (C=O) groups is 2. The van der Waals surface area contributed by atoms with E-state index in [0.29, 0.717) is 5.92 Å². The Hall–Kier alpha value is -1.64. The molecule has 9 heteroatoms. The number of benzene rings is 1. The van der Waals surface area contributed by atoms with Crippen molar-refractivity contribution in [2.45, 2.75) is 51.0 Å². The van der Waals surface area contributed by atoms with Gasteiger partial charge in [-0.2, -0.15) is 0 Å². The summed E-state index contributed by atoms with van der Waals surface area (Å²) in [4.78, 5) is 23.9. The molecule has 0 aliphatic heterocycles. The molecule has 158 valence electrons. The van der Waals surface area contributed by atoms with E-state index in [0.717, 1.165) is 29.6 Å². The maximum Gasteiger partial charge on any atom is 0.338 e. The highest BCUT2D eigenvalue weighted by Crippen LogP contribution is 2.25. The number of hydrogen-bond acceptors (Lipinski definition) is 5. The van der Waals surface area contributed by atoms with Crippen LogP contribution in [0.1, 0.15) is 50.4 Å². The van der Waals surface area contributed by atoms with Gasteiger partial charge in [-0.25, -0.2) is 17.5 Å². The van der Waals surface area contributed by atoms with E-state index < -0.39 is 28.5 Å². The minimum Gasteiger partial charge on any atom is -0.452 e. The topological polar surface area (TPSA) is 92.8 Å². The summed E-state index contributed by atoms with van der Waals surface area (Å²) in [6, 6.07) is 3.79. The van der Waals surface area contributed by atoms with Gasteiger partial charge in [0.2, 0.25) is 10.0 Å². The maximum atomic E-state index is 12.3. The van der Waals surface area contributed by atoms with Gasteiger partial charge in [-0.1, -0.05) is 38.3 Å². The average molecular weight is 433 g/mol. The molecule has 0 saturated carbocycles. The summed E-state index contributed by atoms with van der Waals surface area (Å²) in [6.07, 6.45) is 2.94. The lowest BCUT2D eigenvalue weighted by atomic mass is 10.0. The van der Waals surface area contributed by atoms with Gasteiger partial charge in [-0.15, -0.1) is 0 Å². The highest BCUT2D eigenvalue weighted by atomic mass is 35.5. The summed E-state index contributed by atoms with van der Waals surface area (Å²) in [5, 5.41) is 2.78. The van der Waals surface area contributed by atoms with Gasteiger partial charge in [0, 0.05) is 20.1 Å². The first-order valence-corrected chi connectivity index (χ1v) is 11.0. The smallest absolute Gasteiger partial charge is 0.338 e. The lowest BCUT2D eigenvalue weighted by molar-refractivity contribution is -0.124. The third-order valence-corrected chi connectivity index (χ3v) is 6.38. The van der Waals surface area contributed by atoms with E-state index in [1.54, 1.807) is 0 Å². The van der Waals surface area contributed by atoms with Gasteiger partial charge in [0.25, 0.3) is 5.91 Å². The molecular weight excluding hydrogens is 404 g/mol. The van der Waals surface area contributed by atoms with Gasteiger partial charge in [0.1, 0.15) is 4.90 Å². The molecule has 0 aliphatic carbocycles. The maximum absolute atomic E-state index is 12.3. The second-order valence-electron chi connectivity index (χ2n) is 7.30. The largest absolute Gasteiger partial charge is 0.452 e. The second-order valence-corrected chi connectivity index (χ2v) is 9.83. The number of halogens is 1. The molecule has 1 unspecified atom stereocenters. The fourth-order valence-electron chi connectivity index (χ4n) is 2.46. The van der Waals surface area contributed by atoms with Crippen molar-refractivity contribution < 1.29 is 22.7 Å². The van der Waals surface area contributed by atoms with Crippen molar-refractivity contribution in [3.63, 3.8) is 0 Å². The van der Waals surface area contributed by atoms with Crippen molar-refractivity contribution in [3.05, 3.63) is 28.8 Å². The molecular formula is C19H29ClN2O5S. The molecule has 1 rings (SSSR count). The molecule has 0 saturated heterocycles. The van der Waals surface area contributed by atoms with E-state index in [2.05, 4.69) is 19.2 Å². The zero-order chi connectivity index (χ0) is 21.5. The van der Waals surface area contributed by atoms with Crippen LogP contribution in [0.2, 0.25) is 5.02 Å². The number of esters is 1. The Balaban J connectivity index is 2.65. The Kier molecular flexibility index (Phi) is 9.39. The number of hydrogen-bond donors (Lipinski definition) is 1. The molecule has 0 spiro atoms. The number of rotatable bonds is 10. The molecule has 1 N–H and O–H groups in total. The summed E-state index contributed by atoms with van der Waals surface area (Å²) >= 11 is 5.95. The van der Waals surface area contributed by atoms with E-state index in [4.69, 9.17) is 16.3 Å². The van der Waals surface area contributed by atoms with Crippen molar-refractivity contribution in [2.24, 2.45) is 5.92 Å². The number of amides is 1. The Bertz CT molecular complexity index is 794. The van der Waals surface area contributed by atoms with Crippen LogP contribution >= 0.6 is 11.6 Å². The highest BCUT2D eigenvalue weighted by Gasteiger charge is 2.23. The Labute approximate surface area is 172 Å². The van der Waals surface area contributed by atoms with Crippen molar-refractivity contribution in [1.29, 1.82) is 0 Å². The lowest BCUT2D eigenvalue weighted by Crippen LogP contribution is -2.35. The summed E-state index contributed by atoms with van der Waals surface area (Å²) in [6.45, 7) is 5.76. The van der Waals surface area contributed by atoms with Gasteiger partial charge >= 0.3 is 5.97 Å². The van der Waals surface area contributed by atoms with Gasteiger partial charge in [0.15, 0.2) is 6.61 Å². The van der Waals surface area contributed by atoms with Crippen LogP contribution in [0.15, 0.2) is 23.1 Å². The zero-order valence-electron chi connectivity index (χ0n) is 17.0. The Morgan fingerprint density at radius 2 is 1.82 bits per heavy atom. The van der Waals surface area contributed by atoms with Crippen LogP contribution < -0.4 is 5.32 Å². The van der Waals surface area contributed by atoms with Gasteiger partial charge < -0.3 is 10.1 Å². The Morgan fingerprint density at radius 1 is 1.18 bits per heavy atom. The summed E-state index contributed by atoms with van der Waals surface area (Å²) in [7, 11) is -1.08. The Morgan fingerprint density at radius 3 is 2.39 bits per heavy atom. The SMILES string of the molecule is CC(C)CCCC(C)NC(=O)COC(=O)c1ccc(Cl)c(S(=O)(=O)N(C)C)c1. The van der Waals surface area contributed by atoms with E-state index in [1.165, 1.54) is 26.2 Å². The summed E-state index contributed by atoms with van der Waals surface area (Å²) in [5.41, 5.74) is 0.00241. The third-order valence-electron chi connectivity index (χ3n) is 4.09. The second kappa shape index (κ2) is 10.8. The zero-order valence-corrected chi connectivity index (χ0v) is 18.6. The molecule has 1 amide bonds. The summed E-state index contributed by atoms with van der Waals surface area (Å²) in [5.74, 6) is -0.584. The molecule has 0 heterocycles. The quantitative estimate of drug-likeness (QED) is 0.573. The highest BCUT2D eigenvalue weighted by molar-refractivity contribution is 7.89. The average Bonchev–Trinajstić information content (AvgIpc) is 2.59. The van der Waals surface area contributed by atoms with E-state index in [9.17, 15) is 18.0 Å². The fraction of sp³-hybridized carbons (Fsp3) is 0.579. The molecule has 1 atom stereocenters. The molecule has 0 aromatic heterocycles. The van der Waals surface area contributed by atoms with Gasteiger partial charge in [0.05, 0.1) is 10.6 Å². The van der Waals surface area contributed by atoms with Crippen LogP contribution in [0.4, 0.5) is 0 Å². The van der Waals surface area contributed by atoms with Gasteiger partial charge in [-0.05, 0) is 37.5 Å². The van der Waals surface area contributed by atoms with Gasteiger partial charge in [-0.3, -0.25) is 4.79 Å². The third kappa shape index (κ3) is 7.41. The van der Waals surface area contributed by atoms with Crippen molar-refractivity contribution in [3.8, 4) is 0 Å². The van der Waals surface area contributed by atoms with Crippen LogP contribution in [0, 0.1) is 5.92 Å². The molecule has 0 fully saturated rings. The van der Waals surface area contributed by atoms with Crippen LogP contribution in [0.5, 0.6) is 0 Å². The lowest BCUT2D eigenvalue weighted by Gasteiger charge is -2.15. The minimum absolute atomic E-state index is 0.00165. The van der Waals surface area contributed by atoms with Crippen molar-refractivity contribution in [1.82, 2.24) is 9.62 Å². The van der Waals surface area contributed by atoms with Crippen molar-refractivity contribution >= 4 is 33.5 Å². The number of carbonyl (C=O) groups excluding carboxylic acids is 2.